The first kappa shape index (κ1) is 23.4. The third kappa shape index (κ3) is 6.00. The van der Waals surface area contributed by atoms with E-state index in [4.69, 9.17) is 4.74 Å². The van der Waals surface area contributed by atoms with Crippen LogP contribution in [0.3, 0.4) is 0 Å². The number of nitrogens with zero attached hydrogens (tertiary/aromatic N) is 3. The van der Waals surface area contributed by atoms with Gasteiger partial charge in [-0.1, -0.05) is 44.7 Å². The summed E-state index contributed by atoms with van der Waals surface area (Å²) in [7, 11) is 0. The van der Waals surface area contributed by atoms with E-state index in [0.717, 1.165) is 30.7 Å². The minimum atomic E-state index is -0.300. The zero-order valence-corrected chi connectivity index (χ0v) is 20.0. The van der Waals surface area contributed by atoms with Gasteiger partial charge in [-0.15, -0.1) is 10.2 Å². The van der Waals surface area contributed by atoms with E-state index in [0.29, 0.717) is 17.5 Å². The fourth-order valence-electron chi connectivity index (χ4n) is 3.75. The van der Waals surface area contributed by atoms with Crippen LogP contribution in [0.1, 0.15) is 39.2 Å². The van der Waals surface area contributed by atoms with Gasteiger partial charge in [0, 0.05) is 17.9 Å². The summed E-state index contributed by atoms with van der Waals surface area (Å²) < 4.78 is 21.2. The summed E-state index contributed by atoms with van der Waals surface area (Å²) in [6.45, 7) is 7.81. The summed E-state index contributed by atoms with van der Waals surface area (Å²) >= 11 is 1.33. The van der Waals surface area contributed by atoms with E-state index in [1.54, 1.807) is 12.1 Å². The van der Waals surface area contributed by atoms with E-state index in [2.05, 4.69) is 36.3 Å². The SMILES string of the molecule is CC(C)(C)c1ccc(NC(=O)CSc2nnc(-c3ccc(F)cc3)n2CC2CCCO2)cc1. The van der Waals surface area contributed by atoms with Crippen LogP contribution in [0.25, 0.3) is 11.4 Å². The van der Waals surface area contributed by atoms with Crippen molar-refractivity contribution in [2.75, 3.05) is 17.7 Å². The van der Waals surface area contributed by atoms with Crippen LogP contribution >= 0.6 is 11.8 Å². The van der Waals surface area contributed by atoms with Gasteiger partial charge in [0.25, 0.3) is 0 Å². The maximum Gasteiger partial charge on any atom is 0.234 e. The number of hydrogen-bond acceptors (Lipinski definition) is 5. The molecule has 1 N–H and O–H groups in total. The van der Waals surface area contributed by atoms with Gasteiger partial charge in [0.15, 0.2) is 11.0 Å². The molecule has 3 aromatic rings. The number of halogens is 1. The Balaban J connectivity index is 1.45. The molecule has 0 bridgehead atoms. The summed E-state index contributed by atoms with van der Waals surface area (Å²) in [4.78, 5) is 12.6. The summed E-state index contributed by atoms with van der Waals surface area (Å²) in [5.41, 5.74) is 2.82. The number of carbonyl (C=O) groups is 1. The van der Waals surface area contributed by atoms with Crippen molar-refractivity contribution < 1.29 is 13.9 Å². The lowest BCUT2D eigenvalue weighted by atomic mass is 9.87. The number of thioether (sulfide) groups is 1. The topological polar surface area (TPSA) is 69.0 Å². The molecule has 4 rings (SSSR count). The van der Waals surface area contributed by atoms with Crippen molar-refractivity contribution in [1.82, 2.24) is 14.8 Å². The lowest BCUT2D eigenvalue weighted by molar-refractivity contribution is -0.113. The molecule has 2 aromatic carbocycles. The maximum atomic E-state index is 13.4. The number of aromatic nitrogens is 3. The Morgan fingerprint density at radius 2 is 1.88 bits per heavy atom. The molecule has 1 atom stereocenters. The minimum Gasteiger partial charge on any atom is -0.376 e. The minimum absolute atomic E-state index is 0.0632. The van der Waals surface area contributed by atoms with Crippen LogP contribution in [0.15, 0.2) is 53.7 Å². The molecule has 0 radical (unpaired) electrons. The highest BCUT2D eigenvalue weighted by molar-refractivity contribution is 7.99. The summed E-state index contributed by atoms with van der Waals surface area (Å²) in [5.74, 6) is 0.434. The van der Waals surface area contributed by atoms with Crippen molar-refractivity contribution in [3.8, 4) is 11.4 Å². The Bertz CT molecular complexity index is 1090. The van der Waals surface area contributed by atoms with Crippen LogP contribution in [0.4, 0.5) is 10.1 Å². The van der Waals surface area contributed by atoms with Gasteiger partial charge in [0.05, 0.1) is 18.4 Å². The molecule has 33 heavy (non-hydrogen) atoms. The molecule has 0 saturated carbocycles. The molecule has 1 unspecified atom stereocenters. The van der Waals surface area contributed by atoms with Crippen LogP contribution in [-0.4, -0.2) is 39.1 Å². The van der Waals surface area contributed by atoms with Gasteiger partial charge < -0.3 is 10.1 Å². The van der Waals surface area contributed by atoms with Crippen LogP contribution in [0.5, 0.6) is 0 Å². The molecule has 1 aliphatic heterocycles. The number of nitrogens with one attached hydrogen (secondary N) is 1. The van der Waals surface area contributed by atoms with Crippen molar-refractivity contribution >= 4 is 23.4 Å². The Morgan fingerprint density at radius 3 is 2.52 bits per heavy atom. The molecule has 2 heterocycles. The van der Waals surface area contributed by atoms with Crippen LogP contribution < -0.4 is 5.32 Å². The second-order valence-corrected chi connectivity index (χ2v) is 10.2. The number of amides is 1. The molecular formula is C25H29FN4O2S. The number of carbonyl (C=O) groups excluding carboxylic acids is 1. The highest BCUT2D eigenvalue weighted by atomic mass is 32.2. The molecule has 0 spiro atoms. The van der Waals surface area contributed by atoms with E-state index in [1.807, 2.05) is 28.8 Å². The molecule has 1 aliphatic rings. The van der Waals surface area contributed by atoms with Crippen LogP contribution in [0.2, 0.25) is 0 Å². The van der Waals surface area contributed by atoms with Crippen molar-refractivity contribution in [1.29, 1.82) is 0 Å². The van der Waals surface area contributed by atoms with Gasteiger partial charge in [-0.3, -0.25) is 9.36 Å². The molecular weight excluding hydrogens is 439 g/mol. The first-order valence-corrected chi connectivity index (χ1v) is 12.1. The number of rotatable bonds is 7. The zero-order valence-electron chi connectivity index (χ0n) is 19.2. The Labute approximate surface area is 197 Å². The largest absolute Gasteiger partial charge is 0.376 e. The monoisotopic (exact) mass is 468 g/mol. The lowest BCUT2D eigenvalue weighted by Crippen LogP contribution is -2.18. The lowest BCUT2D eigenvalue weighted by Gasteiger charge is -2.19. The quantitative estimate of drug-likeness (QED) is 0.477. The van der Waals surface area contributed by atoms with Crippen molar-refractivity contribution in [2.24, 2.45) is 0 Å². The molecule has 174 valence electrons. The van der Waals surface area contributed by atoms with Crippen molar-refractivity contribution in [3.63, 3.8) is 0 Å². The van der Waals surface area contributed by atoms with Gasteiger partial charge in [-0.25, -0.2) is 4.39 Å². The van der Waals surface area contributed by atoms with Crippen LogP contribution in [0, 0.1) is 5.82 Å². The van der Waals surface area contributed by atoms with Crippen molar-refractivity contribution in [2.45, 2.75) is 56.8 Å². The van der Waals surface area contributed by atoms with E-state index < -0.39 is 0 Å². The number of benzene rings is 2. The maximum absolute atomic E-state index is 13.4. The first-order valence-electron chi connectivity index (χ1n) is 11.1. The fourth-order valence-corrected chi connectivity index (χ4v) is 4.49. The molecule has 1 aromatic heterocycles. The number of anilines is 1. The summed E-state index contributed by atoms with van der Waals surface area (Å²) in [6, 6.07) is 14.1. The van der Waals surface area contributed by atoms with Gasteiger partial charge in [0.1, 0.15) is 5.82 Å². The van der Waals surface area contributed by atoms with Gasteiger partial charge >= 0.3 is 0 Å². The highest BCUT2D eigenvalue weighted by Crippen LogP contribution is 2.27. The summed E-state index contributed by atoms with van der Waals surface area (Å²) in [5, 5.41) is 12.2. The van der Waals surface area contributed by atoms with Crippen LogP contribution in [-0.2, 0) is 21.5 Å². The third-order valence-corrected chi connectivity index (χ3v) is 6.56. The van der Waals surface area contributed by atoms with Gasteiger partial charge in [0.2, 0.25) is 5.91 Å². The molecule has 0 aliphatic carbocycles. The van der Waals surface area contributed by atoms with Gasteiger partial charge in [-0.2, -0.15) is 0 Å². The predicted molar refractivity (Wildman–Crippen MR) is 129 cm³/mol. The molecule has 1 saturated heterocycles. The Hall–Kier alpha value is -2.71. The predicted octanol–water partition coefficient (Wildman–Crippen LogP) is 5.29. The molecule has 1 fully saturated rings. The Kier molecular flexibility index (Phi) is 7.14. The Morgan fingerprint density at radius 1 is 1.15 bits per heavy atom. The van der Waals surface area contributed by atoms with E-state index in [9.17, 15) is 9.18 Å². The second kappa shape index (κ2) is 10.1. The molecule has 1 amide bonds. The standard InChI is InChI=1S/C25H29FN4O2S/c1-25(2,3)18-8-12-20(13-9-18)27-22(31)16-33-24-29-28-23(17-6-10-19(26)11-7-17)30(24)15-21-5-4-14-32-21/h6-13,21H,4-5,14-16H2,1-3H3,(H,27,31). The smallest absolute Gasteiger partial charge is 0.234 e. The van der Waals surface area contributed by atoms with E-state index in [1.165, 1.54) is 29.5 Å². The fraction of sp³-hybridized carbons (Fsp3) is 0.400. The van der Waals surface area contributed by atoms with Crippen molar-refractivity contribution in [3.05, 3.63) is 59.9 Å². The van der Waals surface area contributed by atoms with E-state index in [-0.39, 0.29) is 29.0 Å². The summed E-state index contributed by atoms with van der Waals surface area (Å²) in [6.07, 6.45) is 2.07. The zero-order chi connectivity index (χ0) is 23.4. The average Bonchev–Trinajstić information content (AvgIpc) is 3.43. The molecule has 6 nitrogen and oxygen atoms in total. The van der Waals surface area contributed by atoms with E-state index >= 15 is 0 Å². The normalized spacial score (nSPS) is 16.2. The first-order chi connectivity index (χ1) is 15.8. The van der Waals surface area contributed by atoms with Gasteiger partial charge in [-0.05, 0) is 60.2 Å². The highest BCUT2D eigenvalue weighted by Gasteiger charge is 2.22. The average molecular weight is 469 g/mol. The number of ether oxygens (including phenoxy) is 1. The molecule has 8 heteroatoms. The third-order valence-electron chi connectivity index (χ3n) is 5.60. The second-order valence-electron chi connectivity index (χ2n) is 9.22. The number of hydrogen-bond donors (Lipinski definition) is 1.